The molecule has 1 aromatic rings. The van der Waals surface area contributed by atoms with Crippen molar-refractivity contribution in [3.63, 3.8) is 0 Å². The van der Waals surface area contributed by atoms with Crippen molar-refractivity contribution in [2.75, 3.05) is 5.88 Å². The smallest absolute Gasteiger partial charge is 0.0946 e. The number of nitrogens with zero attached hydrogens (tertiary/aromatic N) is 2. The van der Waals surface area contributed by atoms with Crippen LogP contribution < -0.4 is 0 Å². The van der Waals surface area contributed by atoms with Gasteiger partial charge in [0, 0.05) is 24.8 Å². The lowest BCUT2D eigenvalue weighted by atomic mass is 10.2. The molecule has 1 aromatic heterocycles. The van der Waals surface area contributed by atoms with Gasteiger partial charge in [-0.1, -0.05) is 6.92 Å². The van der Waals surface area contributed by atoms with E-state index in [9.17, 15) is 0 Å². The molecular formula is C7H12Cl2N2. The average Bonchev–Trinajstić information content (AvgIpc) is 2.40. The molecular weight excluding hydrogens is 183 g/mol. The number of halogens is 2. The minimum atomic E-state index is 0. The fraction of sp³-hybridized carbons (Fsp3) is 0.571. The van der Waals surface area contributed by atoms with Gasteiger partial charge in [-0.2, -0.15) is 0 Å². The standard InChI is InChI=1S/C7H11ClN2.ClH/c1-7(4-8)5-10-3-2-9-6-10;/h2-3,6-7H,4-5H2,1H3;1H. The predicted molar refractivity (Wildman–Crippen MR) is 49.4 cm³/mol. The minimum Gasteiger partial charge on any atom is -0.337 e. The Labute approximate surface area is 78.0 Å². The van der Waals surface area contributed by atoms with Gasteiger partial charge in [-0.05, 0) is 5.92 Å². The third-order valence-electron chi connectivity index (χ3n) is 1.35. The highest BCUT2D eigenvalue weighted by molar-refractivity contribution is 6.18. The Morgan fingerprint density at radius 2 is 2.36 bits per heavy atom. The summed E-state index contributed by atoms with van der Waals surface area (Å²) in [6.45, 7) is 3.08. The maximum Gasteiger partial charge on any atom is 0.0946 e. The summed E-state index contributed by atoms with van der Waals surface area (Å²) in [5.41, 5.74) is 0. The van der Waals surface area contributed by atoms with Crippen LogP contribution in [0.1, 0.15) is 6.92 Å². The van der Waals surface area contributed by atoms with E-state index >= 15 is 0 Å². The van der Waals surface area contributed by atoms with Gasteiger partial charge in [-0.15, -0.1) is 24.0 Å². The first-order valence-electron chi connectivity index (χ1n) is 3.34. The zero-order valence-electron chi connectivity index (χ0n) is 6.40. The Morgan fingerprint density at radius 3 is 2.82 bits per heavy atom. The topological polar surface area (TPSA) is 17.8 Å². The van der Waals surface area contributed by atoms with Crippen molar-refractivity contribution in [1.82, 2.24) is 9.55 Å². The maximum absolute atomic E-state index is 5.64. The van der Waals surface area contributed by atoms with Crippen LogP contribution in [0.15, 0.2) is 18.7 Å². The van der Waals surface area contributed by atoms with E-state index in [-0.39, 0.29) is 12.4 Å². The highest BCUT2D eigenvalue weighted by Gasteiger charge is 1.98. The SMILES string of the molecule is CC(CCl)Cn1ccnc1.Cl. The second-order valence-corrected chi connectivity index (χ2v) is 2.83. The fourth-order valence-electron chi connectivity index (χ4n) is 0.803. The van der Waals surface area contributed by atoms with Gasteiger partial charge in [0.1, 0.15) is 0 Å². The second-order valence-electron chi connectivity index (χ2n) is 2.52. The van der Waals surface area contributed by atoms with E-state index in [0.717, 1.165) is 6.54 Å². The minimum absolute atomic E-state index is 0. The number of imidazole rings is 1. The third kappa shape index (κ3) is 3.63. The molecule has 0 aliphatic carbocycles. The summed E-state index contributed by atoms with van der Waals surface area (Å²) in [5.74, 6) is 1.23. The highest BCUT2D eigenvalue weighted by Crippen LogP contribution is 2.01. The van der Waals surface area contributed by atoms with Crippen molar-refractivity contribution in [1.29, 1.82) is 0 Å². The molecule has 0 fully saturated rings. The van der Waals surface area contributed by atoms with Gasteiger partial charge in [0.2, 0.25) is 0 Å². The van der Waals surface area contributed by atoms with Crippen molar-refractivity contribution in [3.8, 4) is 0 Å². The quantitative estimate of drug-likeness (QED) is 0.676. The van der Waals surface area contributed by atoms with Crippen LogP contribution in [0.4, 0.5) is 0 Å². The molecule has 0 aromatic carbocycles. The van der Waals surface area contributed by atoms with E-state index < -0.39 is 0 Å². The van der Waals surface area contributed by atoms with Gasteiger partial charge in [0.25, 0.3) is 0 Å². The lowest BCUT2D eigenvalue weighted by Gasteiger charge is -2.06. The molecule has 0 aliphatic heterocycles. The molecule has 2 nitrogen and oxygen atoms in total. The van der Waals surface area contributed by atoms with E-state index in [4.69, 9.17) is 11.6 Å². The van der Waals surface area contributed by atoms with E-state index in [1.165, 1.54) is 0 Å². The van der Waals surface area contributed by atoms with Gasteiger partial charge in [-0.3, -0.25) is 0 Å². The summed E-state index contributed by atoms with van der Waals surface area (Å²) in [6.07, 6.45) is 5.53. The van der Waals surface area contributed by atoms with Gasteiger partial charge >= 0.3 is 0 Å². The van der Waals surface area contributed by atoms with Crippen LogP contribution in [0.3, 0.4) is 0 Å². The molecule has 0 aliphatic rings. The van der Waals surface area contributed by atoms with E-state index in [1.54, 1.807) is 6.20 Å². The molecule has 0 saturated carbocycles. The van der Waals surface area contributed by atoms with Gasteiger partial charge in [-0.25, -0.2) is 4.98 Å². The van der Waals surface area contributed by atoms with Gasteiger partial charge in [0.05, 0.1) is 6.33 Å². The average molecular weight is 195 g/mol. The molecule has 0 radical (unpaired) electrons. The molecule has 0 bridgehead atoms. The normalized spacial score (nSPS) is 12.2. The summed E-state index contributed by atoms with van der Waals surface area (Å²) in [6, 6.07) is 0. The first kappa shape index (κ1) is 10.8. The first-order chi connectivity index (χ1) is 4.83. The van der Waals surface area contributed by atoms with Crippen LogP contribution in [0.5, 0.6) is 0 Å². The maximum atomic E-state index is 5.64. The Hall–Kier alpha value is -0.210. The van der Waals surface area contributed by atoms with Crippen molar-refractivity contribution < 1.29 is 0 Å². The molecule has 0 N–H and O–H groups in total. The van der Waals surface area contributed by atoms with Gasteiger partial charge < -0.3 is 4.57 Å². The van der Waals surface area contributed by atoms with Crippen molar-refractivity contribution in [3.05, 3.63) is 18.7 Å². The summed E-state index contributed by atoms with van der Waals surface area (Å²) < 4.78 is 2.03. The van der Waals surface area contributed by atoms with Crippen molar-refractivity contribution in [2.24, 2.45) is 5.92 Å². The molecule has 1 unspecified atom stereocenters. The van der Waals surface area contributed by atoms with Gasteiger partial charge in [0.15, 0.2) is 0 Å². The summed E-state index contributed by atoms with van der Waals surface area (Å²) in [5, 5.41) is 0. The molecule has 4 heteroatoms. The van der Waals surface area contributed by atoms with Crippen LogP contribution in [0.25, 0.3) is 0 Å². The molecule has 1 heterocycles. The lowest BCUT2D eigenvalue weighted by molar-refractivity contribution is 0.528. The number of hydrogen-bond donors (Lipinski definition) is 0. The number of alkyl halides is 1. The second kappa shape index (κ2) is 5.44. The Morgan fingerprint density at radius 1 is 1.64 bits per heavy atom. The summed E-state index contributed by atoms with van der Waals surface area (Å²) >= 11 is 5.64. The zero-order chi connectivity index (χ0) is 7.40. The predicted octanol–water partition coefficient (Wildman–Crippen LogP) is 2.18. The van der Waals surface area contributed by atoms with Crippen LogP contribution in [0.2, 0.25) is 0 Å². The Balaban J connectivity index is 0.000001000. The van der Waals surface area contributed by atoms with Crippen LogP contribution in [-0.4, -0.2) is 15.4 Å². The highest BCUT2D eigenvalue weighted by atomic mass is 35.5. The van der Waals surface area contributed by atoms with E-state index in [2.05, 4.69) is 11.9 Å². The number of aromatic nitrogens is 2. The Kier molecular flexibility index (Phi) is 5.34. The van der Waals surface area contributed by atoms with Crippen LogP contribution in [0, 0.1) is 5.92 Å². The first-order valence-corrected chi connectivity index (χ1v) is 3.88. The zero-order valence-corrected chi connectivity index (χ0v) is 7.98. The monoisotopic (exact) mass is 194 g/mol. The third-order valence-corrected chi connectivity index (χ3v) is 1.87. The van der Waals surface area contributed by atoms with Crippen LogP contribution in [-0.2, 0) is 6.54 Å². The van der Waals surface area contributed by atoms with E-state index in [1.807, 2.05) is 17.1 Å². The van der Waals surface area contributed by atoms with Crippen molar-refractivity contribution >= 4 is 24.0 Å². The number of hydrogen-bond acceptors (Lipinski definition) is 1. The lowest BCUT2D eigenvalue weighted by Crippen LogP contribution is -2.06. The molecule has 11 heavy (non-hydrogen) atoms. The molecule has 0 spiro atoms. The Bertz CT molecular complexity index is 175. The number of rotatable bonds is 3. The molecule has 0 amide bonds. The molecule has 64 valence electrons. The molecule has 0 saturated heterocycles. The van der Waals surface area contributed by atoms with Crippen molar-refractivity contribution in [2.45, 2.75) is 13.5 Å². The fourth-order valence-corrected chi connectivity index (χ4v) is 0.901. The summed E-state index contributed by atoms with van der Waals surface area (Å²) in [7, 11) is 0. The molecule has 1 atom stereocenters. The van der Waals surface area contributed by atoms with Crippen LogP contribution >= 0.6 is 24.0 Å². The largest absolute Gasteiger partial charge is 0.337 e. The molecule has 1 rings (SSSR count). The summed E-state index contributed by atoms with van der Waals surface area (Å²) in [4.78, 5) is 3.93. The van der Waals surface area contributed by atoms with E-state index in [0.29, 0.717) is 11.8 Å².